The van der Waals surface area contributed by atoms with Gasteiger partial charge in [-0.3, -0.25) is 9.59 Å². The van der Waals surface area contributed by atoms with Crippen molar-refractivity contribution in [1.29, 1.82) is 0 Å². The molecule has 0 bridgehead atoms. The number of benzene rings is 1. The molecular formula is C21H22O9. The quantitative estimate of drug-likeness (QED) is 0.524. The molecule has 1 aliphatic carbocycles. The lowest BCUT2D eigenvalue weighted by Crippen LogP contribution is -2.53. The minimum Gasteiger partial charge on any atom is -0.508 e. The number of phenols is 2. The summed E-state index contributed by atoms with van der Waals surface area (Å²) in [6.45, 7) is 2.63. The highest BCUT2D eigenvalue weighted by Crippen LogP contribution is 2.37. The van der Waals surface area contributed by atoms with Crippen LogP contribution in [0.5, 0.6) is 11.5 Å². The number of rotatable bonds is 5. The second-order valence-corrected chi connectivity index (χ2v) is 7.53. The first-order chi connectivity index (χ1) is 14.0. The number of aliphatic carboxylic acids is 1. The molecular weight excluding hydrogens is 396 g/mol. The minimum absolute atomic E-state index is 0.0115. The van der Waals surface area contributed by atoms with E-state index in [1.165, 1.54) is 19.9 Å². The van der Waals surface area contributed by atoms with Crippen molar-refractivity contribution in [2.75, 3.05) is 6.61 Å². The van der Waals surface area contributed by atoms with Gasteiger partial charge in [-0.15, -0.1) is 0 Å². The molecule has 1 aliphatic heterocycles. The fraction of sp³-hybridized carbons (Fsp3) is 0.381. The molecule has 2 aliphatic rings. The molecule has 0 saturated heterocycles. The smallest absolute Gasteiger partial charge is 0.342 e. The van der Waals surface area contributed by atoms with Crippen LogP contribution in [0.2, 0.25) is 0 Å². The van der Waals surface area contributed by atoms with Crippen LogP contribution in [0.25, 0.3) is 0 Å². The summed E-state index contributed by atoms with van der Waals surface area (Å²) in [4.78, 5) is 36.2. The van der Waals surface area contributed by atoms with Gasteiger partial charge in [0.1, 0.15) is 29.8 Å². The first-order valence-electron chi connectivity index (χ1n) is 9.28. The van der Waals surface area contributed by atoms with E-state index >= 15 is 0 Å². The van der Waals surface area contributed by atoms with Gasteiger partial charge in [-0.1, -0.05) is 0 Å². The summed E-state index contributed by atoms with van der Waals surface area (Å²) in [7, 11) is 0. The number of carbonyl (C=O) groups is 3. The normalized spacial score (nSPS) is 23.4. The summed E-state index contributed by atoms with van der Waals surface area (Å²) in [6.07, 6.45) is 0.315. The van der Waals surface area contributed by atoms with Crippen LogP contribution in [0.3, 0.4) is 0 Å². The maximum atomic E-state index is 12.8. The lowest BCUT2D eigenvalue weighted by Gasteiger charge is -2.38. The average molecular weight is 418 g/mol. The van der Waals surface area contributed by atoms with Crippen LogP contribution in [0.1, 0.15) is 42.1 Å². The van der Waals surface area contributed by atoms with Gasteiger partial charge in [0.25, 0.3) is 0 Å². The number of carboxylic acids is 1. The lowest BCUT2D eigenvalue weighted by molar-refractivity contribution is -0.146. The number of phenolic OH excluding ortho intramolecular Hbond substituents is 2. The standard InChI is InChI=1S/C21H22O9/c1-10-5-12(22)8-15(23)18(10)20(27)30-16-7-11-6-13(3-4-17(24)25)29-9-14(11)19(26)21(16,2)28/h5-6,8,16,22-23,28H,3-4,7,9H2,1-2H3,(H,24,25)/t16-,21-/m0/s1. The number of aryl methyl sites for hydroxylation is 1. The molecule has 9 heteroatoms. The molecule has 160 valence electrons. The van der Waals surface area contributed by atoms with Crippen LogP contribution in [0.4, 0.5) is 0 Å². The molecule has 1 aromatic rings. The summed E-state index contributed by atoms with van der Waals surface area (Å²) in [5.41, 5.74) is -1.18. The molecule has 0 spiro atoms. The van der Waals surface area contributed by atoms with Crippen molar-refractivity contribution >= 4 is 17.7 Å². The van der Waals surface area contributed by atoms with E-state index in [1.54, 1.807) is 6.08 Å². The molecule has 4 N–H and O–H groups in total. The number of hydrogen-bond donors (Lipinski definition) is 4. The maximum Gasteiger partial charge on any atom is 0.342 e. The highest BCUT2D eigenvalue weighted by atomic mass is 16.6. The Morgan fingerprint density at radius 3 is 2.63 bits per heavy atom. The number of ketones is 1. The van der Waals surface area contributed by atoms with Gasteiger partial charge in [0.15, 0.2) is 11.4 Å². The highest BCUT2D eigenvalue weighted by molar-refractivity contribution is 6.05. The number of allylic oxidation sites excluding steroid dienone is 2. The van der Waals surface area contributed by atoms with Crippen LogP contribution in [-0.2, 0) is 19.1 Å². The number of aliphatic hydroxyl groups is 1. The average Bonchev–Trinajstić information content (AvgIpc) is 2.63. The Labute approximate surface area is 171 Å². The second-order valence-electron chi connectivity index (χ2n) is 7.53. The third-order valence-electron chi connectivity index (χ3n) is 5.23. The number of carbonyl (C=O) groups excluding carboxylic acids is 2. The van der Waals surface area contributed by atoms with Gasteiger partial charge in [-0.05, 0) is 37.1 Å². The molecule has 3 rings (SSSR count). The third kappa shape index (κ3) is 4.02. The predicted octanol–water partition coefficient (Wildman–Crippen LogP) is 1.73. The van der Waals surface area contributed by atoms with Gasteiger partial charge < -0.3 is 29.9 Å². The minimum atomic E-state index is -2.01. The van der Waals surface area contributed by atoms with E-state index in [9.17, 15) is 29.7 Å². The molecule has 0 aromatic heterocycles. The molecule has 2 atom stereocenters. The van der Waals surface area contributed by atoms with Crippen molar-refractivity contribution in [3.8, 4) is 11.5 Å². The number of carboxylic acid groups (broad SMARTS) is 1. The van der Waals surface area contributed by atoms with Gasteiger partial charge in [0.05, 0.1) is 12.2 Å². The molecule has 30 heavy (non-hydrogen) atoms. The van der Waals surface area contributed by atoms with Crippen LogP contribution in [0.15, 0.2) is 35.1 Å². The molecule has 1 aromatic carbocycles. The van der Waals surface area contributed by atoms with Crippen molar-refractivity contribution in [3.63, 3.8) is 0 Å². The Kier molecular flexibility index (Phi) is 5.58. The number of aromatic hydroxyl groups is 2. The highest BCUT2D eigenvalue weighted by Gasteiger charge is 2.48. The van der Waals surface area contributed by atoms with Crippen molar-refractivity contribution in [2.24, 2.45) is 0 Å². The largest absolute Gasteiger partial charge is 0.508 e. The Balaban J connectivity index is 1.86. The third-order valence-corrected chi connectivity index (χ3v) is 5.23. The molecule has 0 saturated carbocycles. The predicted molar refractivity (Wildman–Crippen MR) is 102 cm³/mol. The number of hydrogen-bond acceptors (Lipinski definition) is 8. The van der Waals surface area contributed by atoms with Crippen molar-refractivity contribution in [3.05, 3.63) is 46.2 Å². The number of Topliss-reactive ketones (excluding diaryl/α,β-unsaturated/α-hetero) is 1. The molecule has 9 nitrogen and oxygen atoms in total. The molecule has 0 unspecified atom stereocenters. The Morgan fingerprint density at radius 1 is 1.30 bits per heavy atom. The Morgan fingerprint density at radius 2 is 2.00 bits per heavy atom. The monoisotopic (exact) mass is 418 g/mol. The number of ether oxygens (including phenoxy) is 2. The van der Waals surface area contributed by atoms with E-state index in [1.807, 2.05) is 0 Å². The van der Waals surface area contributed by atoms with E-state index in [0.29, 0.717) is 11.3 Å². The van der Waals surface area contributed by atoms with Crippen LogP contribution >= 0.6 is 0 Å². The topological polar surface area (TPSA) is 151 Å². The molecule has 0 amide bonds. The van der Waals surface area contributed by atoms with Crippen molar-refractivity contribution < 1.29 is 44.3 Å². The first kappa shape index (κ1) is 21.4. The van der Waals surface area contributed by atoms with Crippen LogP contribution < -0.4 is 0 Å². The zero-order chi connectivity index (χ0) is 22.2. The van der Waals surface area contributed by atoms with E-state index in [2.05, 4.69) is 0 Å². The fourth-order valence-electron chi connectivity index (χ4n) is 3.56. The van der Waals surface area contributed by atoms with Crippen molar-refractivity contribution in [2.45, 2.75) is 44.8 Å². The molecule has 0 fully saturated rings. The first-order valence-corrected chi connectivity index (χ1v) is 9.28. The van der Waals surface area contributed by atoms with E-state index in [0.717, 1.165) is 6.07 Å². The van der Waals surface area contributed by atoms with Crippen LogP contribution in [0, 0.1) is 6.92 Å². The fourth-order valence-corrected chi connectivity index (χ4v) is 3.56. The summed E-state index contributed by atoms with van der Waals surface area (Å²) in [6, 6.07) is 2.27. The second kappa shape index (κ2) is 7.83. The van der Waals surface area contributed by atoms with E-state index < -0.39 is 35.2 Å². The summed E-state index contributed by atoms with van der Waals surface area (Å²) >= 11 is 0. The van der Waals surface area contributed by atoms with Gasteiger partial charge in [0, 0.05) is 24.5 Å². The molecule has 1 heterocycles. The Hall–Kier alpha value is -3.33. The van der Waals surface area contributed by atoms with Gasteiger partial charge in [0.2, 0.25) is 0 Å². The maximum absolute atomic E-state index is 12.8. The van der Waals surface area contributed by atoms with Gasteiger partial charge in [-0.25, -0.2) is 4.79 Å². The summed E-state index contributed by atoms with van der Waals surface area (Å²) in [5.74, 6) is -2.91. The number of esters is 1. The van der Waals surface area contributed by atoms with Gasteiger partial charge in [-0.2, -0.15) is 0 Å². The SMILES string of the molecule is Cc1cc(O)cc(O)c1C(=O)O[C@H]1CC2=C(COC(CCC(=O)O)=C2)C(=O)[C@@]1(C)O. The summed E-state index contributed by atoms with van der Waals surface area (Å²) in [5, 5.41) is 39.1. The Bertz CT molecular complexity index is 961. The van der Waals surface area contributed by atoms with E-state index in [4.69, 9.17) is 14.6 Å². The van der Waals surface area contributed by atoms with Gasteiger partial charge >= 0.3 is 11.9 Å². The lowest BCUT2D eigenvalue weighted by atomic mass is 9.77. The summed E-state index contributed by atoms with van der Waals surface area (Å²) < 4.78 is 10.8. The molecule has 0 radical (unpaired) electrons. The van der Waals surface area contributed by atoms with Crippen LogP contribution in [-0.4, -0.2) is 56.5 Å². The van der Waals surface area contributed by atoms with E-state index in [-0.39, 0.29) is 48.3 Å². The zero-order valence-electron chi connectivity index (χ0n) is 16.5. The zero-order valence-corrected chi connectivity index (χ0v) is 16.5. The van der Waals surface area contributed by atoms with Crippen molar-refractivity contribution in [1.82, 2.24) is 0 Å².